The van der Waals surface area contributed by atoms with E-state index in [4.69, 9.17) is 10.3 Å². The molecule has 1 amide bonds. The van der Waals surface area contributed by atoms with Gasteiger partial charge >= 0.3 is 0 Å². The smallest absolute Gasteiger partial charge is 0.254 e. The first-order valence-electron chi connectivity index (χ1n) is 6.10. The minimum atomic E-state index is -0.565. The molecule has 20 heavy (non-hydrogen) atoms. The first-order chi connectivity index (χ1) is 9.47. The Bertz CT molecular complexity index is 639. The molecule has 0 atom stereocenters. The van der Waals surface area contributed by atoms with Gasteiger partial charge in [0.25, 0.3) is 5.91 Å². The summed E-state index contributed by atoms with van der Waals surface area (Å²) in [7, 11) is 0. The highest BCUT2D eigenvalue weighted by atomic mass is 19.1. The molecule has 0 aliphatic rings. The number of aryl methyl sites for hydroxylation is 2. The van der Waals surface area contributed by atoms with Crippen LogP contribution in [0.3, 0.4) is 0 Å². The Morgan fingerprint density at radius 2 is 2.20 bits per heavy atom. The maximum Gasteiger partial charge on any atom is 0.254 e. The number of aromatic nitrogens is 2. The van der Waals surface area contributed by atoms with Crippen LogP contribution >= 0.6 is 0 Å². The van der Waals surface area contributed by atoms with Crippen LogP contribution in [0.25, 0.3) is 0 Å². The van der Waals surface area contributed by atoms with Crippen molar-refractivity contribution in [1.82, 2.24) is 15.5 Å². The van der Waals surface area contributed by atoms with Gasteiger partial charge in [0.2, 0.25) is 5.89 Å². The number of nitrogens with one attached hydrogen (secondary N) is 1. The Hall–Kier alpha value is -2.44. The molecule has 0 unspecified atom stereocenters. The van der Waals surface area contributed by atoms with E-state index in [9.17, 15) is 9.18 Å². The van der Waals surface area contributed by atoms with Gasteiger partial charge < -0.3 is 15.6 Å². The van der Waals surface area contributed by atoms with Crippen molar-refractivity contribution in [3.8, 4) is 0 Å². The summed E-state index contributed by atoms with van der Waals surface area (Å²) in [6.07, 6.45) is 0.384. The molecule has 7 heteroatoms. The highest BCUT2D eigenvalue weighted by molar-refractivity contribution is 5.95. The van der Waals surface area contributed by atoms with E-state index in [-0.39, 0.29) is 12.1 Å². The third-order valence-electron chi connectivity index (χ3n) is 2.72. The van der Waals surface area contributed by atoms with Crippen LogP contribution in [-0.2, 0) is 6.42 Å². The van der Waals surface area contributed by atoms with Gasteiger partial charge in [-0.2, -0.15) is 4.98 Å². The molecule has 1 aromatic heterocycles. The fraction of sp³-hybridized carbons (Fsp3) is 0.308. The van der Waals surface area contributed by atoms with E-state index < -0.39 is 11.7 Å². The van der Waals surface area contributed by atoms with Crippen LogP contribution in [0.15, 0.2) is 16.7 Å². The fourth-order valence-electron chi connectivity index (χ4n) is 1.78. The van der Waals surface area contributed by atoms with Gasteiger partial charge in [-0.25, -0.2) is 4.39 Å². The van der Waals surface area contributed by atoms with Crippen molar-refractivity contribution < 1.29 is 13.7 Å². The first kappa shape index (κ1) is 14.0. The number of nitrogens with zero attached hydrogens (tertiary/aromatic N) is 2. The number of nitrogen functional groups attached to an aromatic ring is 1. The highest BCUT2D eigenvalue weighted by Crippen LogP contribution is 2.16. The summed E-state index contributed by atoms with van der Waals surface area (Å²) in [5.74, 6) is -0.129. The van der Waals surface area contributed by atoms with Crippen molar-refractivity contribution >= 4 is 11.6 Å². The predicted octanol–water partition coefficient (Wildman–Crippen LogP) is 1.38. The molecule has 0 fully saturated rings. The first-order valence-corrected chi connectivity index (χ1v) is 6.10. The van der Waals surface area contributed by atoms with Gasteiger partial charge in [0.05, 0.1) is 5.56 Å². The molecule has 0 radical (unpaired) electrons. The summed E-state index contributed by atoms with van der Waals surface area (Å²) in [6.45, 7) is 3.54. The Morgan fingerprint density at radius 3 is 2.85 bits per heavy atom. The maximum absolute atomic E-state index is 13.8. The second-order valence-electron chi connectivity index (χ2n) is 4.44. The minimum Gasteiger partial charge on any atom is -0.399 e. The predicted molar refractivity (Wildman–Crippen MR) is 70.6 cm³/mol. The van der Waals surface area contributed by atoms with E-state index in [1.165, 1.54) is 12.1 Å². The summed E-state index contributed by atoms with van der Waals surface area (Å²) >= 11 is 0. The molecule has 0 spiro atoms. The Morgan fingerprint density at radius 1 is 1.45 bits per heavy atom. The number of anilines is 1. The van der Waals surface area contributed by atoms with E-state index in [0.29, 0.717) is 29.4 Å². The van der Waals surface area contributed by atoms with E-state index in [0.717, 1.165) is 0 Å². The molecule has 0 bridgehead atoms. The molecule has 0 saturated heterocycles. The van der Waals surface area contributed by atoms with Crippen LogP contribution < -0.4 is 11.1 Å². The van der Waals surface area contributed by atoms with Gasteiger partial charge in [-0.15, -0.1) is 0 Å². The Balaban J connectivity index is 1.98. The lowest BCUT2D eigenvalue weighted by Crippen LogP contribution is -2.27. The molecule has 2 rings (SSSR count). The Labute approximate surface area is 115 Å². The summed E-state index contributed by atoms with van der Waals surface area (Å²) in [4.78, 5) is 15.9. The summed E-state index contributed by atoms with van der Waals surface area (Å²) < 4.78 is 18.7. The molecule has 6 nitrogen and oxygen atoms in total. The third-order valence-corrected chi connectivity index (χ3v) is 2.72. The number of hydrogen-bond donors (Lipinski definition) is 2. The topological polar surface area (TPSA) is 94.0 Å². The number of carbonyl (C=O) groups is 1. The average Bonchev–Trinajstić information content (AvgIpc) is 2.79. The molecule has 1 aromatic carbocycles. The van der Waals surface area contributed by atoms with E-state index >= 15 is 0 Å². The molecule has 2 aromatic rings. The van der Waals surface area contributed by atoms with Gasteiger partial charge in [0, 0.05) is 18.7 Å². The number of rotatable bonds is 4. The molecular formula is C13H15FN4O2. The highest BCUT2D eigenvalue weighted by Gasteiger charge is 2.14. The van der Waals surface area contributed by atoms with Crippen LogP contribution in [0, 0.1) is 19.7 Å². The number of halogens is 1. The maximum atomic E-state index is 13.8. The van der Waals surface area contributed by atoms with Gasteiger partial charge in [0.1, 0.15) is 5.82 Å². The van der Waals surface area contributed by atoms with Crippen LogP contribution in [0.1, 0.15) is 27.6 Å². The van der Waals surface area contributed by atoms with Gasteiger partial charge in [-0.3, -0.25) is 4.79 Å². The minimum absolute atomic E-state index is 0.0655. The standard InChI is InChI=1S/C13H15FN4O2/c1-7-5-9(15)6-10(12(7)14)13(19)16-4-3-11-17-8(2)18-20-11/h5-6H,3-4,15H2,1-2H3,(H,16,19). The third kappa shape index (κ3) is 3.11. The zero-order valence-corrected chi connectivity index (χ0v) is 11.2. The monoisotopic (exact) mass is 278 g/mol. The van der Waals surface area contributed by atoms with Crippen molar-refractivity contribution in [2.75, 3.05) is 12.3 Å². The zero-order valence-electron chi connectivity index (χ0n) is 11.2. The van der Waals surface area contributed by atoms with Crippen LogP contribution in [0.2, 0.25) is 0 Å². The second kappa shape index (κ2) is 5.68. The molecular weight excluding hydrogens is 263 g/mol. The lowest BCUT2D eigenvalue weighted by atomic mass is 10.1. The number of carbonyl (C=O) groups excluding carboxylic acids is 1. The number of amides is 1. The van der Waals surface area contributed by atoms with Crippen LogP contribution in [0.4, 0.5) is 10.1 Å². The molecule has 0 saturated carbocycles. The lowest BCUT2D eigenvalue weighted by molar-refractivity contribution is 0.0949. The van der Waals surface area contributed by atoms with E-state index in [1.807, 2.05) is 0 Å². The molecule has 3 N–H and O–H groups in total. The van der Waals surface area contributed by atoms with E-state index in [1.54, 1.807) is 13.8 Å². The Kier molecular flexibility index (Phi) is 3.97. The summed E-state index contributed by atoms with van der Waals surface area (Å²) in [5.41, 5.74) is 6.23. The quantitative estimate of drug-likeness (QED) is 0.824. The van der Waals surface area contributed by atoms with E-state index in [2.05, 4.69) is 15.5 Å². The van der Waals surface area contributed by atoms with Crippen LogP contribution in [-0.4, -0.2) is 22.6 Å². The lowest BCUT2D eigenvalue weighted by Gasteiger charge is -2.08. The zero-order chi connectivity index (χ0) is 14.7. The summed E-state index contributed by atoms with van der Waals surface area (Å²) in [5, 5.41) is 6.22. The largest absolute Gasteiger partial charge is 0.399 e. The van der Waals surface area contributed by atoms with Crippen molar-refractivity contribution in [2.24, 2.45) is 0 Å². The number of nitrogens with two attached hydrogens (primary N) is 1. The second-order valence-corrected chi connectivity index (χ2v) is 4.44. The van der Waals surface area contributed by atoms with Crippen LogP contribution in [0.5, 0.6) is 0 Å². The average molecular weight is 278 g/mol. The number of hydrogen-bond acceptors (Lipinski definition) is 5. The molecule has 0 aliphatic carbocycles. The fourth-order valence-corrected chi connectivity index (χ4v) is 1.78. The van der Waals surface area contributed by atoms with Gasteiger partial charge in [-0.1, -0.05) is 5.16 Å². The van der Waals surface area contributed by atoms with Crippen molar-refractivity contribution in [1.29, 1.82) is 0 Å². The molecule has 1 heterocycles. The summed E-state index contributed by atoms with van der Waals surface area (Å²) in [6, 6.07) is 2.79. The number of benzene rings is 1. The normalized spacial score (nSPS) is 10.6. The molecule has 0 aliphatic heterocycles. The van der Waals surface area contributed by atoms with Gasteiger partial charge in [0.15, 0.2) is 5.82 Å². The van der Waals surface area contributed by atoms with Crippen molar-refractivity contribution in [3.63, 3.8) is 0 Å². The van der Waals surface area contributed by atoms with Gasteiger partial charge in [-0.05, 0) is 31.5 Å². The molecule has 106 valence electrons. The van der Waals surface area contributed by atoms with Crippen molar-refractivity contribution in [2.45, 2.75) is 20.3 Å². The SMILES string of the molecule is Cc1noc(CCNC(=O)c2cc(N)cc(C)c2F)n1. The van der Waals surface area contributed by atoms with Crippen molar-refractivity contribution in [3.05, 3.63) is 40.8 Å².